The average molecular weight is 179 g/mol. The van der Waals surface area contributed by atoms with Gasteiger partial charge in [-0.1, -0.05) is 24.3 Å². The van der Waals surface area contributed by atoms with Gasteiger partial charge in [-0.05, 0) is 24.5 Å². The molecule has 13 heavy (non-hydrogen) atoms. The maximum Gasteiger partial charge on any atom is 0.0713 e. The summed E-state index contributed by atoms with van der Waals surface area (Å²) in [5.74, 6) is 0. The van der Waals surface area contributed by atoms with Gasteiger partial charge in [0.2, 0.25) is 0 Å². The predicted octanol–water partition coefficient (Wildman–Crippen LogP) is 1.72. The normalized spacial score (nSPS) is 12.8. The standard InChI is InChI=1S/C11H17NO/c1-9(12)7-10-3-5-11(6-4-10)8-13-2/h3-6,9H,7-8,12H2,1-2H3/t9-/m0/s1. The van der Waals surface area contributed by atoms with Gasteiger partial charge < -0.3 is 10.5 Å². The molecule has 72 valence electrons. The van der Waals surface area contributed by atoms with Crippen LogP contribution in [-0.2, 0) is 17.8 Å². The number of hydrogen-bond donors (Lipinski definition) is 1. The summed E-state index contributed by atoms with van der Waals surface area (Å²) in [5.41, 5.74) is 8.19. The molecule has 0 heterocycles. The highest BCUT2D eigenvalue weighted by atomic mass is 16.5. The van der Waals surface area contributed by atoms with E-state index in [-0.39, 0.29) is 6.04 Å². The summed E-state index contributed by atoms with van der Waals surface area (Å²) in [6, 6.07) is 8.62. The zero-order valence-corrected chi connectivity index (χ0v) is 8.29. The van der Waals surface area contributed by atoms with E-state index in [2.05, 4.69) is 24.3 Å². The van der Waals surface area contributed by atoms with E-state index in [1.807, 2.05) is 6.92 Å². The Bertz CT molecular complexity index is 241. The number of ether oxygens (including phenoxy) is 1. The molecule has 0 amide bonds. The molecule has 1 rings (SSSR count). The summed E-state index contributed by atoms with van der Waals surface area (Å²) in [4.78, 5) is 0. The fourth-order valence-electron chi connectivity index (χ4n) is 1.31. The van der Waals surface area contributed by atoms with Crippen molar-refractivity contribution < 1.29 is 4.74 Å². The minimum atomic E-state index is 0.230. The minimum Gasteiger partial charge on any atom is -0.380 e. The lowest BCUT2D eigenvalue weighted by Crippen LogP contribution is -2.17. The zero-order chi connectivity index (χ0) is 9.68. The van der Waals surface area contributed by atoms with Crippen molar-refractivity contribution in [1.29, 1.82) is 0 Å². The lowest BCUT2D eigenvalue weighted by molar-refractivity contribution is 0.185. The average Bonchev–Trinajstić information content (AvgIpc) is 2.08. The molecule has 0 spiro atoms. The van der Waals surface area contributed by atoms with Gasteiger partial charge in [0.1, 0.15) is 0 Å². The molecule has 2 nitrogen and oxygen atoms in total. The first-order valence-corrected chi connectivity index (χ1v) is 4.54. The Morgan fingerprint density at radius 2 is 1.77 bits per heavy atom. The molecule has 0 radical (unpaired) electrons. The van der Waals surface area contributed by atoms with Crippen LogP contribution < -0.4 is 5.73 Å². The molecule has 0 aromatic heterocycles. The van der Waals surface area contributed by atoms with Gasteiger partial charge in [0.25, 0.3) is 0 Å². The Hall–Kier alpha value is -0.860. The van der Waals surface area contributed by atoms with E-state index in [4.69, 9.17) is 10.5 Å². The van der Waals surface area contributed by atoms with Gasteiger partial charge in [-0.3, -0.25) is 0 Å². The van der Waals surface area contributed by atoms with Crippen LogP contribution in [0.2, 0.25) is 0 Å². The summed E-state index contributed by atoms with van der Waals surface area (Å²) < 4.78 is 5.02. The van der Waals surface area contributed by atoms with E-state index in [0.717, 1.165) is 6.42 Å². The molecule has 1 aromatic carbocycles. The molecular formula is C11H17NO. The van der Waals surface area contributed by atoms with Gasteiger partial charge in [-0.25, -0.2) is 0 Å². The molecule has 0 aliphatic rings. The monoisotopic (exact) mass is 179 g/mol. The Morgan fingerprint density at radius 3 is 2.23 bits per heavy atom. The first kappa shape index (κ1) is 10.2. The van der Waals surface area contributed by atoms with Crippen LogP contribution in [-0.4, -0.2) is 13.2 Å². The smallest absolute Gasteiger partial charge is 0.0713 e. The third kappa shape index (κ3) is 3.57. The van der Waals surface area contributed by atoms with E-state index >= 15 is 0 Å². The molecule has 0 saturated heterocycles. The first-order chi connectivity index (χ1) is 6.22. The van der Waals surface area contributed by atoms with Crippen molar-refractivity contribution in [2.24, 2.45) is 5.73 Å². The van der Waals surface area contributed by atoms with Crippen molar-refractivity contribution in [3.05, 3.63) is 35.4 Å². The Labute approximate surface area is 79.7 Å². The van der Waals surface area contributed by atoms with Gasteiger partial charge in [0.05, 0.1) is 6.61 Å². The van der Waals surface area contributed by atoms with Crippen LogP contribution in [0.15, 0.2) is 24.3 Å². The van der Waals surface area contributed by atoms with Gasteiger partial charge >= 0.3 is 0 Å². The fourth-order valence-corrected chi connectivity index (χ4v) is 1.31. The third-order valence-corrected chi connectivity index (χ3v) is 1.89. The largest absolute Gasteiger partial charge is 0.380 e. The zero-order valence-electron chi connectivity index (χ0n) is 8.29. The molecule has 2 heteroatoms. The SMILES string of the molecule is COCc1ccc(C[C@H](C)N)cc1. The fraction of sp³-hybridized carbons (Fsp3) is 0.455. The van der Waals surface area contributed by atoms with Crippen molar-refractivity contribution in [2.75, 3.05) is 7.11 Å². The molecule has 0 aliphatic carbocycles. The molecule has 0 aliphatic heterocycles. The summed E-state index contributed by atoms with van der Waals surface area (Å²) >= 11 is 0. The van der Waals surface area contributed by atoms with Crippen molar-refractivity contribution >= 4 is 0 Å². The number of methoxy groups -OCH3 is 1. The highest BCUT2D eigenvalue weighted by Crippen LogP contribution is 2.06. The van der Waals surface area contributed by atoms with Gasteiger partial charge in [-0.15, -0.1) is 0 Å². The van der Waals surface area contributed by atoms with Crippen molar-refractivity contribution in [2.45, 2.75) is 26.0 Å². The van der Waals surface area contributed by atoms with E-state index in [1.165, 1.54) is 11.1 Å². The summed E-state index contributed by atoms with van der Waals surface area (Å²) in [5, 5.41) is 0. The highest BCUT2D eigenvalue weighted by Gasteiger charge is 1.97. The Balaban J connectivity index is 2.59. The quantitative estimate of drug-likeness (QED) is 0.764. The topological polar surface area (TPSA) is 35.2 Å². The molecular weight excluding hydrogens is 162 g/mol. The number of hydrogen-bond acceptors (Lipinski definition) is 2. The molecule has 2 N–H and O–H groups in total. The van der Waals surface area contributed by atoms with Gasteiger partial charge in [0, 0.05) is 13.2 Å². The molecule has 0 saturated carbocycles. The van der Waals surface area contributed by atoms with Crippen LogP contribution in [0.5, 0.6) is 0 Å². The van der Waals surface area contributed by atoms with Crippen LogP contribution in [0.1, 0.15) is 18.1 Å². The van der Waals surface area contributed by atoms with Crippen LogP contribution in [0, 0.1) is 0 Å². The molecule has 0 fully saturated rings. The number of rotatable bonds is 4. The van der Waals surface area contributed by atoms with Crippen LogP contribution >= 0.6 is 0 Å². The summed E-state index contributed by atoms with van der Waals surface area (Å²) in [6.07, 6.45) is 0.938. The van der Waals surface area contributed by atoms with Crippen molar-refractivity contribution in [3.63, 3.8) is 0 Å². The minimum absolute atomic E-state index is 0.230. The van der Waals surface area contributed by atoms with E-state index in [0.29, 0.717) is 6.61 Å². The van der Waals surface area contributed by atoms with Crippen LogP contribution in [0.25, 0.3) is 0 Å². The predicted molar refractivity (Wildman–Crippen MR) is 54.5 cm³/mol. The van der Waals surface area contributed by atoms with E-state index in [1.54, 1.807) is 7.11 Å². The lowest BCUT2D eigenvalue weighted by Gasteiger charge is -2.05. The molecule has 0 unspecified atom stereocenters. The maximum atomic E-state index is 5.70. The Kier molecular flexibility index (Phi) is 3.93. The molecule has 1 aromatic rings. The number of nitrogens with two attached hydrogens (primary N) is 1. The number of benzene rings is 1. The van der Waals surface area contributed by atoms with E-state index < -0.39 is 0 Å². The second kappa shape index (κ2) is 5.00. The van der Waals surface area contributed by atoms with Crippen molar-refractivity contribution in [1.82, 2.24) is 0 Å². The van der Waals surface area contributed by atoms with Crippen LogP contribution in [0.4, 0.5) is 0 Å². The molecule has 1 atom stereocenters. The van der Waals surface area contributed by atoms with Gasteiger partial charge in [-0.2, -0.15) is 0 Å². The van der Waals surface area contributed by atoms with Crippen LogP contribution in [0.3, 0.4) is 0 Å². The second-order valence-electron chi connectivity index (χ2n) is 3.43. The highest BCUT2D eigenvalue weighted by molar-refractivity contribution is 5.22. The lowest BCUT2D eigenvalue weighted by atomic mass is 10.1. The second-order valence-corrected chi connectivity index (χ2v) is 3.43. The first-order valence-electron chi connectivity index (χ1n) is 4.54. The third-order valence-electron chi connectivity index (χ3n) is 1.89. The summed E-state index contributed by atoms with van der Waals surface area (Å²) in [7, 11) is 1.70. The maximum absolute atomic E-state index is 5.70. The molecule has 0 bridgehead atoms. The van der Waals surface area contributed by atoms with E-state index in [9.17, 15) is 0 Å². The summed E-state index contributed by atoms with van der Waals surface area (Å²) in [6.45, 7) is 2.70. The van der Waals surface area contributed by atoms with Crippen molar-refractivity contribution in [3.8, 4) is 0 Å². The Morgan fingerprint density at radius 1 is 1.23 bits per heavy atom. The van der Waals surface area contributed by atoms with Gasteiger partial charge in [0.15, 0.2) is 0 Å².